The van der Waals surface area contributed by atoms with Gasteiger partial charge in [-0.25, -0.2) is 9.13 Å². The first-order chi connectivity index (χ1) is 19.9. The Labute approximate surface area is 254 Å². The Balaban J connectivity index is 1.86. The van der Waals surface area contributed by atoms with Gasteiger partial charge in [0.2, 0.25) is 0 Å². The summed E-state index contributed by atoms with van der Waals surface area (Å²) in [6.07, 6.45) is 10.7. The van der Waals surface area contributed by atoms with Crippen LogP contribution in [-0.4, -0.2) is 60.1 Å². The predicted octanol–water partition coefficient (Wildman–Crippen LogP) is 7.80. The molecule has 0 saturated carbocycles. The monoisotopic (exact) mass is 640 g/mol. The molecule has 3 rings (SSSR count). The topological polar surface area (TPSA) is 130 Å². The van der Waals surface area contributed by atoms with Gasteiger partial charge in [-0.05, 0) is 57.8 Å². The van der Waals surface area contributed by atoms with E-state index in [2.05, 4.69) is 13.8 Å². The van der Waals surface area contributed by atoms with Crippen LogP contribution in [-0.2, 0) is 36.7 Å². The van der Waals surface area contributed by atoms with E-state index in [-0.39, 0.29) is 36.8 Å². The lowest BCUT2D eigenvalue weighted by Gasteiger charge is -2.28. The third-order valence-corrected chi connectivity index (χ3v) is 11.7. The van der Waals surface area contributed by atoms with Crippen LogP contribution in [0.15, 0.2) is 0 Å². The molecule has 12 atom stereocenters. The average molecular weight is 641 g/mol. The fourth-order valence-corrected chi connectivity index (χ4v) is 9.18. The second-order valence-corrected chi connectivity index (χ2v) is 15.7. The standard InChI is InChI=1S/C30H58O10P2/c1-7-12-23-14-10-11-15-24(13-8-2)17-19-26-22(5)38-28(30(26)39-41(31,32)35-6)20-36-42(33,34)40-29-25(18-16-23)21(4)37-27(29)9-3/h21-30H,7-20H2,1-6H3,(H,31,32)(H,33,34). The molecular formula is C30H58O10P2. The predicted molar refractivity (Wildman–Crippen MR) is 162 cm³/mol. The molecule has 0 aromatic carbocycles. The molecule has 10 nitrogen and oxygen atoms in total. The minimum atomic E-state index is -4.51. The summed E-state index contributed by atoms with van der Waals surface area (Å²) in [6.45, 7) is 10.1. The van der Waals surface area contributed by atoms with Gasteiger partial charge in [-0.15, -0.1) is 0 Å². The van der Waals surface area contributed by atoms with Gasteiger partial charge in [-0.1, -0.05) is 72.1 Å². The Morgan fingerprint density at radius 1 is 0.881 bits per heavy atom. The number of phosphoric ester groups is 2. The lowest BCUT2D eigenvalue weighted by atomic mass is 9.83. The molecule has 42 heavy (non-hydrogen) atoms. The van der Waals surface area contributed by atoms with Crippen molar-refractivity contribution in [2.75, 3.05) is 13.7 Å². The Morgan fingerprint density at radius 2 is 1.45 bits per heavy atom. The number of rotatable bonds is 8. The van der Waals surface area contributed by atoms with Crippen LogP contribution in [0.4, 0.5) is 0 Å². The quantitative estimate of drug-likeness (QED) is 0.253. The number of hydrogen-bond donors (Lipinski definition) is 2. The van der Waals surface area contributed by atoms with Crippen LogP contribution in [0.2, 0.25) is 0 Å². The van der Waals surface area contributed by atoms with E-state index in [9.17, 15) is 18.9 Å². The number of fused-ring (bicyclic) bond motifs is 3. The lowest BCUT2D eigenvalue weighted by Crippen LogP contribution is -2.34. The molecule has 2 bridgehead atoms. The Bertz CT molecular complexity index is 890. The molecule has 3 heterocycles. The van der Waals surface area contributed by atoms with Crippen LogP contribution in [0.3, 0.4) is 0 Å². The van der Waals surface area contributed by atoms with Gasteiger partial charge in [0, 0.05) is 18.9 Å². The Kier molecular flexibility index (Phi) is 15.0. The largest absolute Gasteiger partial charge is 0.472 e. The van der Waals surface area contributed by atoms with Crippen molar-refractivity contribution in [3.63, 3.8) is 0 Å². The number of ether oxygens (including phenoxy) is 2. The average Bonchev–Trinajstić information content (AvgIpc) is 3.39. The van der Waals surface area contributed by atoms with E-state index in [0.29, 0.717) is 18.3 Å². The normalized spacial score (nSPS) is 42.7. The van der Waals surface area contributed by atoms with Crippen LogP contribution in [0.5, 0.6) is 0 Å². The maximum Gasteiger partial charge on any atom is 0.472 e. The van der Waals surface area contributed by atoms with Crippen molar-refractivity contribution in [2.24, 2.45) is 23.7 Å². The van der Waals surface area contributed by atoms with Crippen molar-refractivity contribution in [1.82, 2.24) is 0 Å². The molecule has 3 aliphatic heterocycles. The molecule has 0 aromatic rings. The molecule has 0 amide bonds. The van der Waals surface area contributed by atoms with Crippen molar-refractivity contribution in [3.8, 4) is 0 Å². The van der Waals surface area contributed by atoms with E-state index in [1.54, 1.807) is 0 Å². The molecule has 12 unspecified atom stereocenters. The first kappa shape index (κ1) is 36.6. The van der Waals surface area contributed by atoms with E-state index in [1.807, 2.05) is 20.8 Å². The van der Waals surface area contributed by atoms with Gasteiger partial charge < -0.3 is 19.3 Å². The van der Waals surface area contributed by atoms with Crippen LogP contribution in [0.1, 0.15) is 118 Å². The summed E-state index contributed by atoms with van der Waals surface area (Å²) in [4.78, 5) is 21.1. The highest BCUT2D eigenvalue weighted by Gasteiger charge is 2.49. The fourth-order valence-electron chi connectivity index (χ4n) is 7.50. The molecule has 12 heteroatoms. The van der Waals surface area contributed by atoms with Crippen LogP contribution < -0.4 is 0 Å². The maximum atomic E-state index is 13.3. The molecule has 0 spiro atoms. The summed E-state index contributed by atoms with van der Waals surface area (Å²) in [5.74, 6) is 0.970. The first-order valence-corrected chi connectivity index (χ1v) is 19.5. The van der Waals surface area contributed by atoms with Gasteiger partial charge in [0.25, 0.3) is 0 Å². The molecule has 3 saturated heterocycles. The van der Waals surface area contributed by atoms with Crippen molar-refractivity contribution < 1.29 is 46.5 Å². The van der Waals surface area contributed by atoms with Gasteiger partial charge in [-0.2, -0.15) is 0 Å². The SMILES string of the molecule is CCCC1CCCCC(CCC)CCC2C(C)OC(CC)C2OP(=O)(O)OCC2OC(C)C(CC1)C2OP(=O)(O)OC. The van der Waals surface area contributed by atoms with E-state index < -0.39 is 34.0 Å². The van der Waals surface area contributed by atoms with Gasteiger partial charge in [0.1, 0.15) is 18.3 Å². The van der Waals surface area contributed by atoms with Gasteiger partial charge in [-0.3, -0.25) is 18.1 Å². The van der Waals surface area contributed by atoms with E-state index >= 15 is 0 Å². The highest BCUT2D eigenvalue weighted by atomic mass is 31.2. The summed E-state index contributed by atoms with van der Waals surface area (Å²) in [7, 11) is -7.74. The molecule has 3 fully saturated rings. The van der Waals surface area contributed by atoms with Crippen LogP contribution >= 0.6 is 15.6 Å². The first-order valence-electron chi connectivity index (χ1n) is 16.5. The molecule has 0 aromatic heterocycles. The molecule has 3 aliphatic rings. The minimum Gasteiger partial charge on any atom is -0.372 e. The van der Waals surface area contributed by atoms with Crippen LogP contribution in [0, 0.1) is 23.7 Å². The second kappa shape index (κ2) is 17.2. The highest BCUT2D eigenvalue weighted by Crippen LogP contribution is 2.52. The third kappa shape index (κ3) is 10.6. The van der Waals surface area contributed by atoms with Gasteiger partial charge >= 0.3 is 15.6 Å². The third-order valence-electron chi connectivity index (χ3n) is 9.79. The zero-order valence-electron chi connectivity index (χ0n) is 26.7. The fraction of sp³-hybridized carbons (Fsp3) is 1.00. The Hall–Kier alpha value is 0.140. The van der Waals surface area contributed by atoms with E-state index in [4.69, 9.17) is 27.6 Å². The molecule has 2 N–H and O–H groups in total. The van der Waals surface area contributed by atoms with Crippen molar-refractivity contribution in [3.05, 3.63) is 0 Å². The van der Waals surface area contributed by atoms with Crippen molar-refractivity contribution in [1.29, 1.82) is 0 Å². The van der Waals surface area contributed by atoms with E-state index in [0.717, 1.165) is 52.1 Å². The Morgan fingerprint density at radius 3 is 2.00 bits per heavy atom. The summed E-state index contributed by atoms with van der Waals surface area (Å²) in [5, 5.41) is 0. The molecule has 248 valence electrons. The summed E-state index contributed by atoms with van der Waals surface area (Å²) >= 11 is 0. The van der Waals surface area contributed by atoms with Crippen molar-refractivity contribution in [2.45, 2.75) is 155 Å². The lowest BCUT2D eigenvalue weighted by molar-refractivity contribution is -0.0285. The zero-order chi connectivity index (χ0) is 30.9. The zero-order valence-corrected chi connectivity index (χ0v) is 28.5. The van der Waals surface area contributed by atoms with Crippen molar-refractivity contribution >= 4 is 15.6 Å². The summed E-state index contributed by atoms with van der Waals surface area (Å²) in [6, 6.07) is 0. The summed E-state index contributed by atoms with van der Waals surface area (Å²) < 4.78 is 59.9. The minimum absolute atomic E-state index is 0.0143. The van der Waals surface area contributed by atoms with Crippen LogP contribution in [0.25, 0.3) is 0 Å². The second-order valence-electron chi connectivity index (χ2n) is 12.8. The molecular weight excluding hydrogens is 582 g/mol. The highest BCUT2D eigenvalue weighted by molar-refractivity contribution is 7.47. The molecule has 0 aliphatic carbocycles. The van der Waals surface area contributed by atoms with Gasteiger partial charge in [0.05, 0.1) is 24.9 Å². The van der Waals surface area contributed by atoms with Gasteiger partial charge in [0.15, 0.2) is 0 Å². The maximum absolute atomic E-state index is 13.3. The van der Waals surface area contributed by atoms with E-state index in [1.165, 1.54) is 32.1 Å². The number of phosphoric acid groups is 2. The summed E-state index contributed by atoms with van der Waals surface area (Å²) in [5.41, 5.74) is 0. The number of hydrogen-bond acceptors (Lipinski definition) is 8. The molecule has 0 radical (unpaired) electrons. The smallest absolute Gasteiger partial charge is 0.372 e.